The molecule has 3 rings (SSSR count). The van der Waals surface area contributed by atoms with Crippen LogP contribution in [0.3, 0.4) is 0 Å². The van der Waals surface area contributed by atoms with E-state index >= 15 is 0 Å². The lowest BCUT2D eigenvalue weighted by Gasteiger charge is -2.35. The summed E-state index contributed by atoms with van der Waals surface area (Å²) in [4.78, 5) is 27.3. The zero-order valence-corrected chi connectivity index (χ0v) is 15.1. The first-order chi connectivity index (χ1) is 12.0. The van der Waals surface area contributed by atoms with Crippen molar-refractivity contribution in [2.24, 2.45) is 11.7 Å². The Labute approximate surface area is 150 Å². The van der Waals surface area contributed by atoms with Crippen molar-refractivity contribution in [1.29, 1.82) is 0 Å². The van der Waals surface area contributed by atoms with E-state index in [9.17, 15) is 9.59 Å². The van der Waals surface area contributed by atoms with E-state index < -0.39 is 0 Å². The van der Waals surface area contributed by atoms with Gasteiger partial charge in [0.25, 0.3) is 5.91 Å². The first-order valence-electron chi connectivity index (χ1n) is 9.41. The average Bonchev–Trinajstić information content (AvgIpc) is 3.11. The molecule has 2 amide bonds. The lowest BCUT2D eigenvalue weighted by Crippen LogP contribution is -2.55. The number of nitrogens with two attached hydrogens (primary N) is 1. The van der Waals surface area contributed by atoms with Crippen LogP contribution >= 0.6 is 0 Å². The first-order valence-corrected chi connectivity index (χ1v) is 9.41. The molecular formula is C20H29N3O2. The van der Waals surface area contributed by atoms with E-state index in [1.165, 1.54) is 0 Å². The zero-order chi connectivity index (χ0) is 17.9. The average molecular weight is 343 g/mol. The molecule has 2 fully saturated rings. The van der Waals surface area contributed by atoms with Crippen molar-refractivity contribution in [2.45, 2.75) is 51.0 Å². The van der Waals surface area contributed by atoms with Crippen molar-refractivity contribution < 1.29 is 9.59 Å². The molecule has 1 unspecified atom stereocenters. The smallest absolute Gasteiger partial charge is 0.253 e. The molecule has 136 valence electrons. The highest BCUT2D eigenvalue weighted by molar-refractivity contribution is 5.94. The van der Waals surface area contributed by atoms with Gasteiger partial charge in [0.2, 0.25) is 5.91 Å². The van der Waals surface area contributed by atoms with Crippen molar-refractivity contribution in [3.05, 3.63) is 35.4 Å². The molecular weight excluding hydrogens is 314 g/mol. The number of nitrogens with zero attached hydrogens (tertiary/aromatic N) is 1. The standard InChI is InChI=1S/C20H29N3O2/c1-15-6-8-16(9-7-15)19(25)23-12-4-5-17(13-23)18(24)22-20(14-21)10-2-3-11-20/h6-9,17H,2-5,10-14,21H2,1H3,(H,22,24). The number of benzene rings is 1. The highest BCUT2D eigenvalue weighted by Gasteiger charge is 2.37. The normalized spacial score (nSPS) is 22.6. The highest BCUT2D eigenvalue weighted by Crippen LogP contribution is 2.29. The molecule has 1 aromatic carbocycles. The van der Waals surface area contributed by atoms with Crippen molar-refractivity contribution in [1.82, 2.24) is 10.2 Å². The van der Waals surface area contributed by atoms with Crippen LogP contribution in [0.2, 0.25) is 0 Å². The van der Waals surface area contributed by atoms with Crippen LogP contribution in [0.25, 0.3) is 0 Å². The fraction of sp³-hybridized carbons (Fsp3) is 0.600. The summed E-state index contributed by atoms with van der Waals surface area (Å²) in [6.07, 6.45) is 5.89. The van der Waals surface area contributed by atoms with Crippen molar-refractivity contribution >= 4 is 11.8 Å². The maximum atomic E-state index is 12.8. The van der Waals surface area contributed by atoms with E-state index in [4.69, 9.17) is 5.73 Å². The van der Waals surface area contributed by atoms with E-state index in [0.717, 1.165) is 50.6 Å². The number of hydrogen-bond donors (Lipinski definition) is 2. The van der Waals surface area contributed by atoms with Gasteiger partial charge in [-0.3, -0.25) is 9.59 Å². The van der Waals surface area contributed by atoms with Gasteiger partial charge < -0.3 is 16.0 Å². The first kappa shape index (κ1) is 17.9. The molecule has 1 saturated heterocycles. The molecule has 0 aromatic heterocycles. The van der Waals surface area contributed by atoms with Crippen molar-refractivity contribution in [3.8, 4) is 0 Å². The summed E-state index contributed by atoms with van der Waals surface area (Å²) in [7, 11) is 0. The fourth-order valence-electron chi connectivity index (χ4n) is 4.05. The lowest BCUT2D eigenvalue weighted by atomic mass is 9.92. The Bertz CT molecular complexity index is 620. The molecule has 1 heterocycles. The summed E-state index contributed by atoms with van der Waals surface area (Å²) in [6, 6.07) is 7.63. The van der Waals surface area contributed by atoms with Gasteiger partial charge in [-0.2, -0.15) is 0 Å². The van der Waals surface area contributed by atoms with E-state index in [1.807, 2.05) is 36.1 Å². The zero-order valence-electron chi connectivity index (χ0n) is 15.1. The second-order valence-electron chi connectivity index (χ2n) is 7.64. The number of amides is 2. The third kappa shape index (κ3) is 4.03. The number of rotatable bonds is 4. The van der Waals surface area contributed by atoms with Gasteiger partial charge in [0.1, 0.15) is 0 Å². The Kier molecular flexibility index (Phi) is 5.42. The lowest BCUT2D eigenvalue weighted by molar-refractivity contribution is -0.128. The molecule has 1 atom stereocenters. The Hall–Kier alpha value is -1.88. The second-order valence-corrected chi connectivity index (χ2v) is 7.64. The SMILES string of the molecule is Cc1ccc(C(=O)N2CCCC(C(=O)NC3(CN)CCCC3)C2)cc1. The number of nitrogens with one attached hydrogen (secondary N) is 1. The number of hydrogen-bond acceptors (Lipinski definition) is 3. The Morgan fingerprint density at radius 3 is 2.52 bits per heavy atom. The molecule has 3 N–H and O–H groups in total. The molecule has 25 heavy (non-hydrogen) atoms. The maximum absolute atomic E-state index is 12.8. The predicted octanol–water partition coefficient (Wildman–Crippen LogP) is 2.23. The summed E-state index contributed by atoms with van der Waals surface area (Å²) in [6.45, 7) is 3.72. The molecule has 1 aliphatic carbocycles. The highest BCUT2D eigenvalue weighted by atomic mass is 16.2. The summed E-state index contributed by atoms with van der Waals surface area (Å²) in [5.41, 5.74) is 7.54. The molecule has 0 spiro atoms. The fourth-order valence-corrected chi connectivity index (χ4v) is 4.05. The Balaban J connectivity index is 1.63. The van der Waals surface area contributed by atoms with Gasteiger partial charge in [-0.1, -0.05) is 30.5 Å². The van der Waals surface area contributed by atoms with Gasteiger partial charge in [0.15, 0.2) is 0 Å². The van der Waals surface area contributed by atoms with Crippen LogP contribution in [0, 0.1) is 12.8 Å². The largest absolute Gasteiger partial charge is 0.349 e. The third-order valence-electron chi connectivity index (χ3n) is 5.72. The van der Waals surface area contributed by atoms with Crippen LogP contribution < -0.4 is 11.1 Å². The molecule has 5 nitrogen and oxygen atoms in total. The summed E-state index contributed by atoms with van der Waals surface area (Å²) in [5, 5.41) is 3.22. The second kappa shape index (κ2) is 7.56. The molecule has 1 aromatic rings. The van der Waals surface area contributed by atoms with Crippen LogP contribution in [-0.2, 0) is 4.79 Å². The van der Waals surface area contributed by atoms with Crippen LogP contribution in [0.15, 0.2) is 24.3 Å². The van der Waals surface area contributed by atoms with Crippen molar-refractivity contribution in [2.75, 3.05) is 19.6 Å². The van der Waals surface area contributed by atoms with Gasteiger partial charge >= 0.3 is 0 Å². The topological polar surface area (TPSA) is 75.4 Å². The van der Waals surface area contributed by atoms with Crippen LogP contribution in [0.4, 0.5) is 0 Å². The monoisotopic (exact) mass is 343 g/mol. The van der Waals surface area contributed by atoms with Gasteiger partial charge in [-0.05, 0) is 44.7 Å². The maximum Gasteiger partial charge on any atom is 0.253 e. The number of likely N-dealkylation sites (tertiary alicyclic amines) is 1. The quantitative estimate of drug-likeness (QED) is 0.880. The Morgan fingerprint density at radius 2 is 1.88 bits per heavy atom. The molecule has 1 aliphatic heterocycles. The van der Waals surface area contributed by atoms with Gasteiger partial charge in [-0.25, -0.2) is 0 Å². The van der Waals surface area contributed by atoms with Gasteiger partial charge in [0, 0.05) is 25.2 Å². The number of aryl methyl sites for hydroxylation is 1. The third-order valence-corrected chi connectivity index (χ3v) is 5.72. The van der Waals surface area contributed by atoms with Gasteiger partial charge in [-0.15, -0.1) is 0 Å². The van der Waals surface area contributed by atoms with E-state index in [0.29, 0.717) is 18.7 Å². The summed E-state index contributed by atoms with van der Waals surface area (Å²) < 4.78 is 0. The summed E-state index contributed by atoms with van der Waals surface area (Å²) in [5.74, 6) is -0.0483. The molecule has 1 saturated carbocycles. The predicted molar refractivity (Wildman–Crippen MR) is 98.2 cm³/mol. The Morgan fingerprint density at radius 1 is 1.20 bits per heavy atom. The van der Waals surface area contributed by atoms with Crippen LogP contribution in [0.5, 0.6) is 0 Å². The minimum atomic E-state index is -0.222. The van der Waals surface area contributed by atoms with E-state index in [1.54, 1.807) is 0 Å². The molecule has 5 heteroatoms. The molecule has 0 bridgehead atoms. The van der Waals surface area contributed by atoms with Crippen LogP contribution in [0.1, 0.15) is 54.4 Å². The van der Waals surface area contributed by atoms with Crippen LogP contribution in [-0.4, -0.2) is 41.9 Å². The summed E-state index contributed by atoms with van der Waals surface area (Å²) >= 11 is 0. The minimum Gasteiger partial charge on any atom is -0.349 e. The van der Waals surface area contributed by atoms with E-state index in [-0.39, 0.29) is 23.3 Å². The number of piperidine rings is 1. The minimum absolute atomic E-state index is 0.0203. The number of carbonyl (C=O) groups excluding carboxylic acids is 2. The molecule has 2 aliphatic rings. The number of carbonyl (C=O) groups is 2. The van der Waals surface area contributed by atoms with E-state index in [2.05, 4.69) is 5.32 Å². The molecule has 0 radical (unpaired) electrons. The van der Waals surface area contributed by atoms with Crippen molar-refractivity contribution in [3.63, 3.8) is 0 Å². The van der Waals surface area contributed by atoms with Gasteiger partial charge in [0.05, 0.1) is 11.5 Å².